The number of alkyl halides is 3. The second-order valence-corrected chi connectivity index (χ2v) is 8.77. The van der Waals surface area contributed by atoms with E-state index in [0.717, 1.165) is 35.6 Å². The Bertz CT molecular complexity index is 1150. The summed E-state index contributed by atoms with van der Waals surface area (Å²) < 4.78 is 47.6. The normalized spacial score (nSPS) is 17.6. The minimum Gasteiger partial charge on any atom is -0.494 e. The van der Waals surface area contributed by atoms with Crippen LogP contribution in [0.3, 0.4) is 0 Å². The largest absolute Gasteiger partial charge is 0.494 e. The van der Waals surface area contributed by atoms with Crippen molar-refractivity contribution < 1.29 is 22.7 Å². The first-order valence-corrected chi connectivity index (χ1v) is 11.8. The van der Waals surface area contributed by atoms with E-state index < -0.39 is 28.9 Å². The second kappa shape index (κ2) is 9.96. The average Bonchev–Trinajstić information content (AvgIpc) is 3.21. The number of thioether (sulfide) groups is 1. The number of hydrogen-bond donors (Lipinski definition) is 2. The number of hydrogen-bond acceptors (Lipinski definition) is 6. The van der Waals surface area contributed by atoms with Crippen LogP contribution < -0.4 is 15.5 Å². The van der Waals surface area contributed by atoms with Gasteiger partial charge in [-0.3, -0.25) is 4.79 Å². The molecule has 1 aliphatic heterocycles. The van der Waals surface area contributed by atoms with Crippen LogP contribution in [0.2, 0.25) is 0 Å². The van der Waals surface area contributed by atoms with Gasteiger partial charge in [0.05, 0.1) is 23.9 Å². The smallest absolute Gasteiger partial charge is 0.418 e. The van der Waals surface area contributed by atoms with Crippen molar-refractivity contribution in [3.05, 3.63) is 65.5 Å². The molecule has 2 atom stereocenters. The maximum Gasteiger partial charge on any atom is 0.418 e. The maximum absolute atomic E-state index is 13.5. The number of fused-ring (bicyclic) bond motifs is 1. The number of ether oxygens (including phenoxy) is 1. The molecule has 0 saturated carbocycles. The predicted octanol–water partition coefficient (Wildman–Crippen LogP) is 5.05. The molecule has 0 radical (unpaired) electrons. The molecule has 34 heavy (non-hydrogen) atoms. The summed E-state index contributed by atoms with van der Waals surface area (Å²) in [5.74, 6) is 0.841. The fourth-order valence-corrected chi connectivity index (χ4v) is 4.81. The van der Waals surface area contributed by atoms with Crippen LogP contribution >= 0.6 is 11.8 Å². The van der Waals surface area contributed by atoms with Gasteiger partial charge in [0.25, 0.3) is 0 Å². The quantitative estimate of drug-likeness (QED) is 0.482. The van der Waals surface area contributed by atoms with E-state index in [-0.39, 0.29) is 5.69 Å². The molecular weight excluding hydrogens is 467 g/mol. The maximum atomic E-state index is 13.5. The molecule has 2 aromatic carbocycles. The third-order valence-corrected chi connectivity index (χ3v) is 6.49. The average molecular weight is 492 g/mol. The fourth-order valence-electron chi connectivity index (χ4n) is 3.72. The number of amides is 1. The summed E-state index contributed by atoms with van der Waals surface area (Å²) >= 11 is 1.16. The van der Waals surface area contributed by atoms with Crippen LogP contribution in [-0.2, 0) is 17.4 Å². The molecule has 0 bridgehead atoms. The molecule has 180 valence electrons. The van der Waals surface area contributed by atoms with Crippen LogP contribution in [0, 0.1) is 0 Å². The fraction of sp³-hybridized carbons (Fsp3) is 0.348. The Morgan fingerprint density at radius 1 is 1.15 bits per heavy atom. The van der Waals surface area contributed by atoms with Crippen molar-refractivity contribution in [2.24, 2.45) is 0 Å². The summed E-state index contributed by atoms with van der Waals surface area (Å²) in [6.45, 7) is 4.43. The van der Waals surface area contributed by atoms with Crippen molar-refractivity contribution in [1.29, 1.82) is 0 Å². The number of carbonyl (C=O) groups excluding carboxylic acids is 1. The van der Waals surface area contributed by atoms with Gasteiger partial charge in [-0.05, 0) is 43.2 Å². The van der Waals surface area contributed by atoms with E-state index in [4.69, 9.17) is 4.74 Å². The van der Waals surface area contributed by atoms with Gasteiger partial charge in [0.1, 0.15) is 11.0 Å². The Morgan fingerprint density at radius 3 is 2.56 bits per heavy atom. The minimum absolute atomic E-state index is 0.287. The van der Waals surface area contributed by atoms with Crippen LogP contribution in [0.5, 0.6) is 5.75 Å². The first kappa shape index (κ1) is 23.9. The van der Waals surface area contributed by atoms with Crippen molar-refractivity contribution in [2.75, 3.05) is 17.3 Å². The molecule has 0 unspecified atom stereocenters. The highest BCUT2D eigenvalue weighted by Crippen LogP contribution is 2.39. The predicted molar refractivity (Wildman–Crippen MR) is 123 cm³/mol. The van der Waals surface area contributed by atoms with Crippen LogP contribution in [-0.4, -0.2) is 32.6 Å². The lowest BCUT2D eigenvalue weighted by Gasteiger charge is -2.33. The lowest BCUT2D eigenvalue weighted by atomic mass is 10.0. The van der Waals surface area contributed by atoms with Gasteiger partial charge in [0.15, 0.2) is 5.82 Å². The van der Waals surface area contributed by atoms with Crippen molar-refractivity contribution in [2.45, 2.75) is 49.3 Å². The van der Waals surface area contributed by atoms with E-state index in [2.05, 4.69) is 20.9 Å². The highest BCUT2D eigenvalue weighted by atomic mass is 32.2. The number of benzene rings is 2. The summed E-state index contributed by atoms with van der Waals surface area (Å²) in [6.07, 6.45) is -3.05. The Balaban J connectivity index is 1.67. The Morgan fingerprint density at radius 2 is 1.88 bits per heavy atom. The molecule has 7 nitrogen and oxygen atoms in total. The lowest BCUT2D eigenvalue weighted by Crippen LogP contribution is -2.41. The van der Waals surface area contributed by atoms with Gasteiger partial charge in [-0.2, -0.15) is 13.2 Å². The monoisotopic (exact) mass is 491 g/mol. The molecule has 1 aliphatic rings. The van der Waals surface area contributed by atoms with Crippen LogP contribution in [0.25, 0.3) is 0 Å². The number of rotatable bonds is 7. The summed E-state index contributed by atoms with van der Waals surface area (Å²) in [5, 5.41) is 10.5. The van der Waals surface area contributed by atoms with E-state index in [0.29, 0.717) is 23.9 Å². The number of nitrogens with one attached hydrogen (secondary N) is 2. The van der Waals surface area contributed by atoms with Gasteiger partial charge in [-0.15, -0.1) is 10.2 Å². The zero-order chi connectivity index (χ0) is 24.3. The molecule has 11 heteroatoms. The topological polar surface area (TPSA) is 81.1 Å². The van der Waals surface area contributed by atoms with Crippen LogP contribution in [0.4, 0.5) is 18.9 Å². The molecule has 4 rings (SSSR count). The molecule has 3 aromatic rings. The van der Waals surface area contributed by atoms with Gasteiger partial charge in [-0.25, -0.2) is 4.68 Å². The van der Waals surface area contributed by atoms with Crippen molar-refractivity contribution in [1.82, 2.24) is 14.9 Å². The zero-order valence-corrected chi connectivity index (χ0v) is 19.4. The Hall–Kier alpha value is -3.21. The zero-order valence-electron chi connectivity index (χ0n) is 18.6. The highest BCUT2D eigenvalue weighted by Gasteiger charge is 2.39. The van der Waals surface area contributed by atoms with Gasteiger partial charge in [0.2, 0.25) is 11.1 Å². The van der Waals surface area contributed by atoms with E-state index in [1.165, 1.54) is 18.2 Å². The van der Waals surface area contributed by atoms with E-state index in [1.54, 1.807) is 16.8 Å². The van der Waals surface area contributed by atoms with Crippen molar-refractivity contribution in [3.8, 4) is 5.75 Å². The van der Waals surface area contributed by atoms with Gasteiger partial charge < -0.3 is 15.5 Å². The molecule has 0 spiro atoms. The number of aryl methyl sites for hydroxylation is 1. The van der Waals surface area contributed by atoms with Gasteiger partial charge >= 0.3 is 6.18 Å². The molecular formula is C23H24F3N5O2S. The first-order valence-electron chi connectivity index (χ1n) is 10.9. The molecule has 0 saturated heterocycles. The third-order valence-electron chi connectivity index (χ3n) is 5.28. The summed E-state index contributed by atoms with van der Waals surface area (Å²) in [5.41, 5.74) is 2.90. The number of aromatic nitrogens is 3. The minimum atomic E-state index is -4.59. The first-order chi connectivity index (χ1) is 16.3. The molecule has 2 heterocycles. The number of halogens is 3. The second-order valence-electron chi connectivity index (χ2n) is 7.66. The number of nitrogens with zero attached hydrogens (tertiary/aromatic N) is 3. The molecule has 0 fully saturated rings. The van der Waals surface area contributed by atoms with Crippen LogP contribution in [0.15, 0.2) is 53.7 Å². The van der Waals surface area contributed by atoms with E-state index in [1.807, 2.05) is 26.0 Å². The molecule has 2 N–H and O–H groups in total. The van der Waals surface area contributed by atoms with Crippen LogP contribution in [0.1, 0.15) is 43.3 Å². The van der Waals surface area contributed by atoms with Crippen molar-refractivity contribution >= 4 is 23.4 Å². The summed E-state index contributed by atoms with van der Waals surface area (Å²) in [6, 6.07) is 11.7. The number of carbonyl (C=O) groups is 1. The molecule has 0 aliphatic carbocycles. The SMILES string of the molecule is CCCc1nnc2n1N[C@@H](c1ccc(OCC)cc1)[C@H](C(=O)Nc1ccccc1C(F)(F)F)S2. The van der Waals surface area contributed by atoms with Gasteiger partial charge in [-0.1, -0.05) is 43.0 Å². The van der Waals surface area contributed by atoms with E-state index >= 15 is 0 Å². The highest BCUT2D eigenvalue weighted by molar-refractivity contribution is 8.00. The van der Waals surface area contributed by atoms with Gasteiger partial charge in [0, 0.05) is 6.42 Å². The molecule has 1 aromatic heterocycles. The number of anilines is 1. The summed E-state index contributed by atoms with van der Waals surface area (Å²) in [4.78, 5) is 13.3. The number of para-hydroxylation sites is 1. The standard InChI is InChI=1S/C23H24F3N5O2S/c1-3-7-18-28-29-22-31(18)30-19(14-10-12-15(13-11-14)33-4-2)20(34-22)21(32)27-17-9-6-5-8-16(17)23(24,25)26/h5-6,8-13,19-20,30H,3-4,7H2,1-2H3,(H,27,32)/t19-,20+/m0/s1. The Labute approximate surface area is 199 Å². The van der Waals surface area contributed by atoms with Crippen molar-refractivity contribution in [3.63, 3.8) is 0 Å². The third kappa shape index (κ3) is 4.98. The lowest BCUT2D eigenvalue weighted by molar-refractivity contribution is -0.137. The van der Waals surface area contributed by atoms with E-state index in [9.17, 15) is 18.0 Å². The molecule has 1 amide bonds. The summed E-state index contributed by atoms with van der Waals surface area (Å²) in [7, 11) is 0. The Kier molecular flexibility index (Phi) is 7.01.